The molecule has 34 heavy (non-hydrogen) atoms. The zero-order chi connectivity index (χ0) is 26.3. The summed E-state index contributed by atoms with van der Waals surface area (Å²) >= 11 is 0. The van der Waals surface area contributed by atoms with Crippen LogP contribution in [0.5, 0.6) is 0 Å². The summed E-state index contributed by atoms with van der Waals surface area (Å²) in [5.74, 6) is -4.35. The summed E-state index contributed by atoms with van der Waals surface area (Å²) in [4.78, 5) is 52.9. The lowest BCUT2D eigenvalue weighted by atomic mass is 9.34. The van der Waals surface area contributed by atoms with Crippen LogP contribution < -0.4 is 0 Å². The summed E-state index contributed by atoms with van der Waals surface area (Å²) in [5.41, 5.74) is -8.88. The van der Waals surface area contributed by atoms with Gasteiger partial charge in [-0.15, -0.1) is 0 Å². The largest absolute Gasteiger partial charge is 0.481 e. The lowest BCUT2D eigenvalue weighted by Crippen LogP contribution is -2.70. The Labute approximate surface area is 200 Å². The standard InChI is InChI=1S/C26H38O8/c1-14-13-16-22(4,11-10-17(27)28)15(21(2,3)32)9-12-23(16,5)26(20(31)34-8)19(30)25(7,33)18(29)24(14,26)6/h15-16,32-33H,1,9-13H2,2-8H3,(H,27,28)/t15-,16+,22+,23-,24-,25+,26+/m0/s1. The second-order valence-electron chi connectivity index (χ2n) is 12.0. The first-order chi connectivity index (χ1) is 15.3. The van der Waals surface area contributed by atoms with Crippen LogP contribution in [0.1, 0.15) is 73.6 Å². The number of hydrogen-bond donors (Lipinski definition) is 3. The average molecular weight is 479 g/mol. The SMILES string of the molecule is C=C1C[C@@H]2[C@](C)(CCC(=O)O)[C@H](C(C)(C)O)CC[C@]2(C)[C@]2(C(=O)OC)C(=O)[C@](C)(O)C(=O)[C@]12C. The van der Waals surface area contributed by atoms with Gasteiger partial charge in [0.1, 0.15) is 0 Å². The summed E-state index contributed by atoms with van der Waals surface area (Å²) in [7, 11) is 1.16. The predicted octanol–water partition coefficient (Wildman–Crippen LogP) is 2.69. The minimum absolute atomic E-state index is 0.158. The predicted molar refractivity (Wildman–Crippen MR) is 123 cm³/mol. The van der Waals surface area contributed by atoms with E-state index in [0.29, 0.717) is 18.4 Å². The molecule has 3 rings (SSSR count). The van der Waals surface area contributed by atoms with E-state index < -0.39 is 62.3 Å². The third kappa shape index (κ3) is 2.84. The molecule has 3 aliphatic carbocycles. The Balaban J connectivity index is 2.38. The normalized spacial score (nSPS) is 44.4. The molecular formula is C26H38O8. The molecule has 0 heterocycles. The maximum Gasteiger partial charge on any atom is 0.321 e. The first-order valence-electron chi connectivity index (χ1n) is 11.8. The molecule has 190 valence electrons. The smallest absolute Gasteiger partial charge is 0.321 e. The highest BCUT2D eigenvalue weighted by Crippen LogP contribution is 2.76. The number of carboxylic acid groups (broad SMARTS) is 1. The van der Waals surface area contributed by atoms with Crippen molar-refractivity contribution in [2.45, 2.75) is 84.8 Å². The Bertz CT molecular complexity index is 974. The number of methoxy groups -OCH3 is 1. The van der Waals surface area contributed by atoms with Crippen molar-refractivity contribution in [1.82, 2.24) is 0 Å². The van der Waals surface area contributed by atoms with Crippen LogP contribution in [0.25, 0.3) is 0 Å². The monoisotopic (exact) mass is 478 g/mol. The van der Waals surface area contributed by atoms with Gasteiger partial charge in [-0.25, -0.2) is 0 Å². The molecule has 3 N–H and O–H groups in total. The molecule has 7 atom stereocenters. The maximum atomic E-state index is 14.0. The first kappa shape index (κ1) is 26.5. The number of carbonyl (C=O) groups is 4. The van der Waals surface area contributed by atoms with E-state index in [9.17, 15) is 34.5 Å². The number of fused-ring (bicyclic) bond motifs is 3. The average Bonchev–Trinajstić information content (AvgIpc) is 2.84. The van der Waals surface area contributed by atoms with Crippen LogP contribution >= 0.6 is 0 Å². The van der Waals surface area contributed by atoms with Crippen LogP contribution in [0.3, 0.4) is 0 Å². The van der Waals surface area contributed by atoms with Crippen LogP contribution in [-0.2, 0) is 23.9 Å². The van der Waals surface area contributed by atoms with E-state index in [1.54, 1.807) is 20.8 Å². The molecular weight excluding hydrogens is 440 g/mol. The Kier molecular flexibility index (Phi) is 5.83. The molecule has 0 aromatic rings. The Morgan fingerprint density at radius 3 is 2.18 bits per heavy atom. The number of hydrogen-bond acceptors (Lipinski definition) is 7. The highest BCUT2D eigenvalue weighted by molar-refractivity contribution is 6.29. The van der Waals surface area contributed by atoms with Crippen LogP contribution in [0.15, 0.2) is 12.2 Å². The fourth-order valence-corrected chi connectivity index (χ4v) is 8.45. The second-order valence-corrected chi connectivity index (χ2v) is 12.0. The topological polar surface area (TPSA) is 138 Å². The van der Waals surface area contributed by atoms with Crippen molar-refractivity contribution < 1.29 is 39.2 Å². The van der Waals surface area contributed by atoms with Crippen LogP contribution in [0, 0.1) is 33.5 Å². The van der Waals surface area contributed by atoms with E-state index in [1.807, 2.05) is 6.92 Å². The third-order valence-electron chi connectivity index (χ3n) is 9.98. The number of esters is 1. The van der Waals surface area contributed by atoms with Crippen molar-refractivity contribution in [2.24, 2.45) is 33.5 Å². The second kappa shape index (κ2) is 7.47. The van der Waals surface area contributed by atoms with Gasteiger partial charge in [-0.05, 0) is 76.0 Å². The number of ether oxygens (including phenoxy) is 1. The third-order valence-corrected chi connectivity index (χ3v) is 9.98. The van der Waals surface area contributed by atoms with Gasteiger partial charge in [-0.3, -0.25) is 19.2 Å². The molecule has 0 radical (unpaired) electrons. The van der Waals surface area contributed by atoms with Gasteiger partial charge < -0.3 is 20.1 Å². The fraction of sp³-hybridized carbons (Fsp3) is 0.769. The van der Waals surface area contributed by atoms with Crippen LogP contribution in [0.2, 0.25) is 0 Å². The molecule has 8 heteroatoms. The van der Waals surface area contributed by atoms with Gasteiger partial charge in [0.25, 0.3) is 0 Å². The summed E-state index contributed by atoms with van der Waals surface area (Å²) < 4.78 is 5.19. The van der Waals surface area contributed by atoms with Crippen molar-refractivity contribution in [3.63, 3.8) is 0 Å². The Morgan fingerprint density at radius 2 is 1.71 bits per heavy atom. The summed E-state index contributed by atoms with van der Waals surface area (Å²) in [6.07, 6.45) is 1.01. The molecule has 0 aliphatic heterocycles. The maximum absolute atomic E-state index is 14.0. The van der Waals surface area contributed by atoms with Gasteiger partial charge in [0, 0.05) is 6.42 Å². The minimum Gasteiger partial charge on any atom is -0.481 e. The molecule has 3 fully saturated rings. The van der Waals surface area contributed by atoms with E-state index in [4.69, 9.17) is 4.74 Å². The van der Waals surface area contributed by atoms with E-state index in [1.165, 1.54) is 6.92 Å². The molecule has 0 saturated heterocycles. The summed E-state index contributed by atoms with van der Waals surface area (Å²) in [6.45, 7) is 13.8. The number of ketones is 2. The number of allylic oxidation sites excluding steroid dienone is 1. The zero-order valence-corrected chi connectivity index (χ0v) is 21.3. The lowest BCUT2D eigenvalue weighted by molar-refractivity contribution is -0.218. The first-order valence-corrected chi connectivity index (χ1v) is 11.8. The van der Waals surface area contributed by atoms with Gasteiger partial charge in [0.05, 0.1) is 18.1 Å². The number of Topliss-reactive ketones (excluding diaryl/α,β-unsaturated/α-hetero) is 2. The fourth-order valence-electron chi connectivity index (χ4n) is 8.45. The van der Waals surface area contributed by atoms with Gasteiger partial charge in [0.15, 0.2) is 22.6 Å². The molecule has 8 nitrogen and oxygen atoms in total. The van der Waals surface area contributed by atoms with Gasteiger partial charge in [0.2, 0.25) is 0 Å². The minimum atomic E-state index is -2.39. The van der Waals surface area contributed by atoms with Crippen LogP contribution in [0.4, 0.5) is 0 Å². The van der Waals surface area contributed by atoms with Crippen molar-refractivity contribution in [2.75, 3.05) is 7.11 Å². The molecule has 3 saturated carbocycles. The highest BCUT2D eigenvalue weighted by Gasteiger charge is 2.85. The summed E-state index contributed by atoms with van der Waals surface area (Å²) in [6, 6.07) is 0. The number of carboxylic acids is 1. The molecule has 0 spiro atoms. The zero-order valence-electron chi connectivity index (χ0n) is 21.3. The van der Waals surface area contributed by atoms with E-state index in [-0.39, 0.29) is 25.2 Å². The van der Waals surface area contributed by atoms with Crippen molar-refractivity contribution in [3.8, 4) is 0 Å². The van der Waals surface area contributed by atoms with Crippen molar-refractivity contribution in [1.29, 1.82) is 0 Å². The van der Waals surface area contributed by atoms with Gasteiger partial charge in [-0.1, -0.05) is 26.0 Å². The van der Waals surface area contributed by atoms with Gasteiger partial charge in [-0.2, -0.15) is 0 Å². The quantitative estimate of drug-likeness (QED) is 0.311. The van der Waals surface area contributed by atoms with Crippen molar-refractivity contribution in [3.05, 3.63) is 12.2 Å². The molecule has 0 aromatic heterocycles. The Hall–Kier alpha value is -2.06. The highest BCUT2D eigenvalue weighted by atomic mass is 16.5. The molecule has 3 aliphatic rings. The number of aliphatic hydroxyl groups is 2. The van der Waals surface area contributed by atoms with E-state index >= 15 is 0 Å². The molecule has 0 bridgehead atoms. The van der Waals surface area contributed by atoms with Gasteiger partial charge >= 0.3 is 11.9 Å². The van der Waals surface area contributed by atoms with Crippen LogP contribution in [-0.4, -0.2) is 57.1 Å². The lowest BCUT2D eigenvalue weighted by Gasteiger charge is -2.67. The molecule has 0 aromatic carbocycles. The Morgan fingerprint density at radius 1 is 1.15 bits per heavy atom. The number of rotatable bonds is 5. The molecule has 0 amide bonds. The molecule has 0 unspecified atom stereocenters. The summed E-state index contributed by atoms with van der Waals surface area (Å²) in [5, 5.41) is 31.7. The van der Waals surface area contributed by atoms with E-state index in [2.05, 4.69) is 6.58 Å². The number of aliphatic carboxylic acids is 1. The number of carbonyl (C=O) groups excluding carboxylic acids is 3. The van der Waals surface area contributed by atoms with Crippen molar-refractivity contribution >= 4 is 23.5 Å². The van der Waals surface area contributed by atoms with E-state index in [0.717, 1.165) is 14.0 Å².